The van der Waals surface area contributed by atoms with Gasteiger partial charge in [0.15, 0.2) is 0 Å². The van der Waals surface area contributed by atoms with Gasteiger partial charge in [0.2, 0.25) is 5.91 Å². The number of primary amides is 1. The van der Waals surface area contributed by atoms with E-state index in [9.17, 15) is 13.2 Å². The number of ether oxygens (including phenoxy) is 1. The molecule has 0 fully saturated rings. The summed E-state index contributed by atoms with van der Waals surface area (Å²) in [6.45, 7) is 2.13. The molecule has 0 aliphatic heterocycles. The van der Waals surface area contributed by atoms with Gasteiger partial charge < -0.3 is 10.5 Å². The molecule has 0 aliphatic rings. The van der Waals surface area contributed by atoms with Gasteiger partial charge in [-0.25, -0.2) is 8.42 Å². The van der Waals surface area contributed by atoms with Crippen LogP contribution in [0.4, 0.5) is 5.69 Å². The molecule has 6 nitrogen and oxygen atoms in total. The van der Waals surface area contributed by atoms with Crippen LogP contribution in [0.5, 0.6) is 5.75 Å². The van der Waals surface area contributed by atoms with Crippen LogP contribution in [0.3, 0.4) is 0 Å². The van der Waals surface area contributed by atoms with Crippen molar-refractivity contribution < 1.29 is 17.9 Å². The molecule has 0 aromatic heterocycles. The van der Waals surface area contributed by atoms with Crippen molar-refractivity contribution in [1.29, 1.82) is 0 Å². The molecule has 0 unspecified atom stereocenters. The van der Waals surface area contributed by atoms with Gasteiger partial charge in [-0.3, -0.25) is 9.10 Å². The van der Waals surface area contributed by atoms with Crippen LogP contribution in [0.2, 0.25) is 0 Å². The molecule has 2 aromatic carbocycles. The van der Waals surface area contributed by atoms with Crippen LogP contribution in [-0.2, 0) is 14.8 Å². The third-order valence-electron chi connectivity index (χ3n) is 3.23. The summed E-state index contributed by atoms with van der Waals surface area (Å²) in [7, 11) is -3.89. The Hall–Kier alpha value is -2.54. The topological polar surface area (TPSA) is 89.7 Å². The molecule has 2 N–H and O–H groups in total. The number of sulfonamides is 1. The van der Waals surface area contributed by atoms with E-state index in [1.165, 1.54) is 12.1 Å². The predicted octanol–water partition coefficient (Wildman–Crippen LogP) is 2.16. The van der Waals surface area contributed by atoms with E-state index >= 15 is 0 Å². The highest BCUT2D eigenvalue weighted by Crippen LogP contribution is 2.25. The van der Waals surface area contributed by atoms with Crippen LogP contribution in [0, 0.1) is 0 Å². The van der Waals surface area contributed by atoms with Crippen molar-refractivity contribution in [2.45, 2.75) is 18.2 Å². The molecule has 24 heavy (non-hydrogen) atoms. The Balaban J connectivity index is 2.37. The van der Waals surface area contributed by atoms with Gasteiger partial charge in [-0.15, -0.1) is 0 Å². The van der Waals surface area contributed by atoms with Gasteiger partial charge in [-0.2, -0.15) is 0 Å². The quantitative estimate of drug-likeness (QED) is 0.791. The van der Waals surface area contributed by atoms with E-state index in [1.54, 1.807) is 42.5 Å². The minimum atomic E-state index is -3.89. The summed E-state index contributed by atoms with van der Waals surface area (Å²) in [5.74, 6) is -0.0995. The SMILES string of the molecule is CCCOc1ccc(N(CC(N)=O)S(=O)(=O)c2ccccc2)cc1. The highest BCUT2D eigenvalue weighted by Gasteiger charge is 2.26. The standard InChI is InChI=1S/C17H20N2O4S/c1-2-12-23-15-10-8-14(9-11-15)19(13-17(18)20)24(21,22)16-6-4-3-5-7-16/h3-11H,2,12-13H2,1H3,(H2,18,20). The fraction of sp³-hybridized carbons (Fsp3) is 0.235. The molecule has 0 aliphatic carbocycles. The van der Waals surface area contributed by atoms with Crippen LogP contribution < -0.4 is 14.8 Å². The van der Waals surface area contributed by atoms with E-state index in [0.29, 0.717) is 18.0 Å². The second kappa shape index (κ2) is 7.83. The van der Waals surface area contributed by atoms with E-state index in [-0.39, 0.29) is 4.90 Å². The summed E-state index contributed by atoms with van der Waals surface area (Å²) in [5.41, 5.74) is 5.58. The number of hydrogen-bond donors (Lipinski definition) is 1. The van der Waals surface area contributed by atoms with Crippen molar-refractivity contribution in [3.63, 3.8) is 0 Å². The fourth-order valence-electron chi connectivity index (χ4n) is 2.10. The first-order valence-corrected chi connectivity index (χ1v) is 8.98. The van der Waals surface area contributed by atoms with Crippen LogP contribution in [0.1, 0.15) is 13.3 Å². The number of amides is 1. The monoisotopic (exact) mass is 348 g/mol. The van der Waals surface area contributed by atoms with Crippen molar-refractivity contribution in [2.75, 3.05) is 17.5 Å². The average molecular weight is 348 g/mol. The zero-order valence-electron chi connectivity index (χ0n) is 13.4. The summed E-state index contributed by atoms with van der Waals surface area (Å²) < 4.78 is 32.1. The van der Waals surface area contributed by atoms with E-state index in [1.807, 2.05) is 6.92 Å². The average Bonchev–Trinajstić information content (AvgIpc) is 2.59. The van der Waals surface area contributed by atoms with E-state index in [4.69, 9.17) is 10.5 Å². The Morgan fingerprint density at radius 2 is 1.71 bits per heavy atom. The van der Waals surface area contributed by atoms with Crippen LogP contribution in [0.15, 0.2) is 59.5 Å². The van der Waals surface area contributed by atoms with E-state index < -0.39 is 22.5 Å². The molecule has 128 valence electrons. The minimum absolute atomic E-state index is 0.0950. The second-order valence-corrected chi connectivity index (χ2v) is 7.00. The van der Waals surface area contributed by atoms with Crippen molar-refractivity contribution in [3.8, 4) is 5.75 Å². The van der Waals surface area contributed by atoms with Gasteiger partial charge in [0.1, 0.15) is 12.3 Å². The third-order valence-corrected chi connectivity index (χ3v) is 5.02. The number of carbonyl (C=O) groups is 1. The maximum atomic E-state index is 12.8. The minimum Gasteiger partial charge on any atom is -0.494 e. The van der Waals surface area contributed by atoms with Crippen molar-refractivity contribution in [3.05, 3.63) is 54.6 Å². The number of nitrogens with two attached hydrogens (primary N) is 1. The molecule has 1 amide bonds. The maximum Gasteiger partial charge on any atom is 0.264 e. The van der Waals surface area contributed by atoms with Crippen molar-refractivity contribution in [1.82, 2.24) is 0 Å². The van der Waals surface area contributed by atoms with Crippen molar-refractivity contribution >= 4 is 21.6 Å². The third kappa shape index (κ3) is 4.26. The Kier molecular flexibility index (Phi) is 5.81. The van der Waals surface area contributed by atoms with Gasteiger partial charge >= 0.3 is 0 Å². The molecular weight excluding hydrogens is 328 g/mol. The molecule has 0 saturated carbocycles. The highest BCUT2D eigenvalue weighted by atomic mass is 32.2. The summed E-state index contributed by atoms with van der Waals surface area (Å²) in [5, 5.41) is 0. The summed E-state index contributed by atoms with van der Waals surface area (Å²) in [4.78, 5) is 11.5. The number of carbonyl (C=O) groups excluding carboxylic acids is 1. The van der Waals surface area contributed by atoms with Crippen molar-refractivity contribution in [2.24, 2.45) is 5.73 Å². The fourth-order valence-corrected chi connectivity index (χ4v) is 3.56. The Labute approximate surface area is 141 Å². The number of hydrogen-bond acceptors (Lipinski definition) is 4. The lowest BCUT2D eigenvalue weighted by Crippen LogP contribution is -2.38. The van der Waals surface area contributed by atoms with Gasteiger partial charge in [-0.1, -0.05) is 25.1 Å². The summed E-state index contributed by atoms with van der Waals surface area (Å²) in [6.07, 6.45) is 0.873. The highest BCUT2D eigenvalue weighted by molar-refractivity contribution is 7.92. The first-order valence-electron chi connectivity index (χ1n) is 7.54. The lowest BCUT2D eigenvalue weighted by Gasteiger charge is -2.23. The molecule has 0 spiro atoms. The van der Waals surface area contributed by atoms with Gasteiger partial charge in [0.25, 0.3) is 10.0 Å². The van der Waals surface area contributed by atoms with Crippen LogP contribution >= 0.6 is 0 Å². The Bertz CT molecular complexity index is 774. The van der Waals surface area contributed by atoms with Crippen LogP contribution in [0.25, 0.3) is 0 Å². The first kappa shape index (κ1) is 17.8. The van der Waals surface area contributed by atoms with E-state index in [0.717, 1.165) is 10.7 Å². The molecule has 0 saturated heterocycles. The zero-order chi connectivity index (χ0) is 17.6. The first-order chi connectivity index (χ1) is 11.4. The van der Waals surface area contributed by atoms with Gasteiger partial charge in [0, 0.05) is 0 Å². The summed E-state index contributed by atoms with van der Waals surface area (Å²) >= 11 is 0. The lowest BCUT2D eigenvalue weighted by atomic mass is 10.3. The lowest BCUT2D eigenvalue weighted by molar-refractivity contribution is -0.116. The normalized spacial score (nSPS) is 11.0. The molecule has 0 bridgehead atoms. The molecule has 0 atom stereocenters. The van der Waals surface area contributed by atoms with Crippen LogP contribution in [-0.4, -0.2) is 27.5 Å². The molecule has 0 radical (unpaired) electrons. The summed E-state index contributed by atoms with van der Waals surface area (Å²) in [6, 6.07) is 14.4. The smallest absolute Gasteiger partial charge is 0.264 e. The largest absolute Gasteiger partial charge is 0.494 e. The van der Waals surface area contributed by atoms with E-state index in [2.05, 4.69) is 0 Å². The zero-order valence-corrected chi connectivity index (χ0v) is 14.2. The second-order valence-electron chi connectivity index (χ2n) is 5.13. The maximum absolute atomic E-state index is 12.8. The molecule has 7 heteroatoms. The van der Waals surface area contributed by atoms with Gasteiger partial charge in [-0.05, 0) is 42.8 Å². The number of anilines is 1. The predicted molar refractivity (Wildman–Crippen MR) is 92.4 cm³/mol. The number of benzene rings is 2. The Morgan fingerprint density at radius 3 is 2.25 bits per heavy atom. The molecular formula is C17H20N2O4S. The van der Waals surface area contributed by atoms with Gasteiger partial charge in [0.05, 0.1) is 17.2 Å². The number of rotatable bonds is 8. The molecule has 0 heterocycles. The number of nitrogens with zero attached hydrogens (tertiary/aromatic N) is 1. The Morgan fingerprint density at radius 1 is 1.08 bits per heavy atom. The molecule has 2 aromatic rings. The molecule has 2 rings (SSSR count).